The average Bonchev–Trinajstić information content (AvgIpc) is 3.15. The minimum absolute atomic E-state index is 0.0461. The van der Waals surface area contributed by atoms with E-state index < -0.39 is 11.9 Å². The molecule has 4 heterocycles. The highest BCUT2D eigenvalue weighted by atomic mass is 35.5. The number of aromatic amines is 1. The van der Waals surface area contributed by atoms with Gasteiger partial charge in [0, 0.05) is 36.1 Å². The Balaban J connectivity index is 1.39. The smallest absolute Gasteiger partial charge is 0.268 e. The van der Waals surface area contributed by atoms with E-state index in [2.05, 4.69) is 21.4 Å². The summed E-state index contributed by atoms with van der Waals surface area (Å²) in [6.07, 6.45) is 1.65. The summed E-state index contributed by atoms with van der Waals surface area (Å²) in [7, 11) is 0. The second kappa shape index (κ2) is 8.34. The van der Waals surface area contributed by atoms with Crippen LogP contribution in [0.15, 0.2) is 36.5 Å². The minimum atomic E-state index is -0.855. The number of amides is 2. The molecule has 0 aliphatic carbocycles. The number of hydrogen-bond acceptors (Lipinski definition) is 5. The van der Waals surface area contributed by atoms with Gasteiger partial charge in [0.15, 0.2) is 0 Å². The van der Waals surface area contributed by atoms with Crippen LogP contribution in [0, 0.1) is 16.7 Å². The predicted molar refractivity (Wildman–Crippen MR) is 122 cm³/mol. The number of carbonyl (C=O) groups is 2. The lowest BCUT2D eigenvalue weighted by Crippen LogP contribution is -2.69. The quantitative estimate of drug-likeness (QED) is 0.579. The van der Waals surface area contributed by atoms with Gasteiger partial charge in [-0.15, -0.1) is 0 Å². The number of pyridine rings is 1. The van der Waals surface area contributed by atoms with Crippen LogP contribution in [0.2, 0.25) is 10.0 Å². The second-order valence-corrected chi connectivity index (χ2v) is 9.48. The zero-order valence-electron chi connectivity index (χ0n) is 17.4. The third-order valence-electron chi connectivity index (χ3n) is 6.08. The Bertz CT molecular complexity index is 1300. The van der Waals surface area contributed by atoms with Crippen molar-refractivity contribution < 1.29 is 14.3 Å². The second-order valence-electron chi connectivity index (χ2n) is 8.60. The molecule has 2 aromatic heterocycles. The Morgan fingerprint density at radius 3 is 2.73 bits per heavy atom. The van der Waals surface area contributed by atoms with Gasteiger partial charge in [-0.2, -0.15) is 5.26 Å². The molecule has 10 heteroatoms. The SMILES string of the molecule is N#Cc1cc(Cl)ccc1CC(NC(=O)c1cc2cc(Cl)cnc2[nH]1)C(=O)N1CC2(COC2)C1. The van der Waals surface area contributed by atoms with Crippen LogP contribution >= 0.6 is 23.2 Å². The predicted octanol–water partition coefficient (Wildman–Crippen LogP) is 2.94. The molecule has 2 aliphatic heterocycles. The molecule has 1 aromatic carbocycles. The Morgan fingerprint density at radius 2 is 2.03 bits per heavy atom. The largest absolute Gasteiger partial charge is 0.380 e. The topological polar surface area (TPSA) is 111 Å². The van der Waals surface area contributed by atoms with Crippen molar-refractivity contribution >= 4 is 46.0 Å². The lowest BCUT2D eigenvalue weighted by molar-refractivity contribution is -0.196. The number of carbonyl (C=O) groups excluding carboxylic acids is 2. The van der Waals surface area contributed by atoms with Gasteiger partial charge < -0.3 is 19.9 Å². The van der Waals surface area contributed by atoms with Gasteiger partial charge in [0.1, 0.15) is 17.4 Å². The zero-order chi connectivity index (χ0) is 23.2. The fraction of sp³-hybridized carbons (Fsp3) is 0.304. The van der Waals surface area contributed by atoms with Crippen molar-refractivity contribution in [3.05, 3.63) is 63.4 Å². The van der Waals surface area contributed by atoms with Gasteiger partial charge in [-0.3, -0.25) is 9.59 Å². The molecule has 3 aromatic rings. The van der Waals surface area contributed by atoms with E-state index in [9.17, 15) is 14.9 Å². The summed E-state index contributed by atoms with van der Waals surface area (Å²) >= 11 is 12.0. The number of nitrogens with one attached hydrogen (secondary N) is 2. The maximum Gasteiger partial charge on any atom is 0.268 e. The first-order valence-electron chi connectivity index (χ1n) is 10.4. The molecular formula is C23H19Cl2N5O3. The maximum atomic E-state index is 13.3. The zero-order valence-corrected chi connectivity index (χ0v) is 18.9. The normalized spacial score (nSPS) is 17.2. The molecule has 2 amide bonds. The van der Waals surface area contributed by atoms with Crippen LogP contribution in [0.3, 0.4) is 0 Å². The molecule has 168 valence electrons. The van der Waals surface area contributed by atoms with Gasteiger partial charge in [-0.05, 0) is 29.8 Å². The highest BCUT2D eigenvalue weighted by molar-refractivity contribution is 6.31. The van der Waals surface area contributed by atoms with Crippen molar-refractivity contribution in [2.75, 3.05) is 26.3 Å². The first kappa shape index (κ1) is 21.7. The van der Waals surface area contributed by atoms with Gasteiger partial charge in [0.25, 0.3) is 5.91 Å². The van der Waals surface area contributed by atoms with Crippen LogP contribution < -0.4 is 5.32 Å². The summed E-state index contributed by atoms with van der Waals surface area (Å²) in [5.41, 5.74) is 1.83. The fourth-order valence-electron chi connectivity index (χ4n) is 4.31. The van der Waals surface area contributed by atoms with E-state index in [1.807, 2.05) is 0 Å². The first-order valence-corrected chi connectivity index (χ1v) is 11.1. The lowest BCUT2D eigenvalue weighted by atomic mass is 9.77. The number of aromatic nitrogens is 2. The number of likely N-dealkylation sites (tertiary alicyclic amines) is 1. The summed E-state index contributed by atoms with van der Waals surface area (Å²) in [6, 6.07) is 9.52. The standard InChI is InChI=1S/C23H19Cl2N5O3/c24-16-2-1-13(15(4-16)7-26)5-19(22(32)30-9-23(10-30)11-33-12-23)29-21(31)18-6-14-3-17(25)8-27-20(14)28-18/h1-4,6,8,19H,5,9-12H2,(H,27,28)(H,29,31). The van der Waals surface area contributed by atoms with E-state index in [1.165, 1.54) is 6.20 Å². The first-order chi connectivity index (χ1) is 15.9. The molecule has 2 fully saturated rings. The summed E-state index contributed by atoms with van der Waals surface area (Å²) < 4.78 is 5.29. The summed E-state index contributed by atoms with van der Waals surface area (Å²) in [5.74, 6) is -0.644. The van der Waals surface area contributed by atoms with E-state index in [0.717, 1.165) is 0 Å². The molecule has 0 bridgehead atoms. The van der Waals surface area contributed by atoms with Crippen molar-refractivity contribution in [3.63, 3.8) is 0 Å². The molecule has 5 rings (SSSR count). The van der Waals surface area contributed by atoms with Gasteiger partial charge in [-0.25, -0.2) is 4.98 Å². The Hall–Kier alpha value is -3.12. The molecule has 8 nitrogen and oxygen atoms in total. The molecule has 0 radical (unpaired) electrons. The van der Waals surface area contributed by atoms with Gasteiger partial charge >= 0.3 is 0 Å². The molecule has 33 heavy (non-hydrogen) atoms. The van der Waals surface area contributed by atoms with Crippen molar-refractivity contribution in [1.82, 2.24) is 20.2 Å². The van der Waals surface area contributed by atoms with Gasteiger partial charge in [0.2, 0.25) is 5.91 Å². The van der Waals surface area contributed by atoms with Crippen molar-refractivity contribution in [2.24, 2.45) is 5.41 Å². The van der Waals surface area contributed by atoms with Crippen molar-refractivity contribution in [1.29, 1.82) is 5.26 Å². The van der Waals surface area contributed by atoms with Crippen LogP contribution in [0.4, 0.5) is 0 Å². The third-order valence-corrected chi connectivity index (χ3v) is 6.52. The van der Waals surface area contributed by atoms with Crippen LogP contribution in [-0.2, 0) is 16.0 Å². The molecule has 1 unspecified atom stereocenters. The monoisotopic (exact) mass is 483 g/mol. The van der Waals surface area contributed by atoms with E-state index >= 15 is 0 Å². The van der Waals surface area contributed by atoms with Gasteiger partial charge in [0.05, 0.1) is 35.3 Å². The Labute approximate surface area is 199 Å². The van der Waals surface area contributed by atoms with Crippen LogP contribution in [0.5, 0.6) is 0 Å². The van der Waals surface area contributed by atoms with Crippen LogP contribution in [0.25, 0.3) is 11.0 Å². The maximum absolute atomic E-state index is 13.3. The number of rotatable bonds is 5. The molecule has 2 aliphatic rings. The highest BCUT2D eigenvalue weighted by Gasteiger charge is 2.51. The third kappa shape index (κ3) is 4.15. The average molecular weight is 484 g/mol. The van der Waals surface area contributed by atoms with E-state index in [0.29, 0.717) is 58.5 Å². The van der Waals surface area contributed by atoms with Crippen LogP contribution in [-0.4, -0.2) is 59.0 Å². The van der Waals surface area contributed by atoms with Crippen molar-refractivity contribution in [3.8, 4) is 6.07 Å². The summed E-state index contributed by atoms with van der Waals surface area (Å²) in [5, 5.41) is 13.9. The number of hydrogen-bond donors (Lipinski definition) is 2. The Kier molecular flexibility index (Phi) is 5.49. The van der Waals surface area contributed by atoms with Crippen LogP contribution in [0.1, 0.15) is 21.6 Å². The molecule has 0 saturated carbocycles. The van der Waals surface area contributed by atoms with Crippen molar-refractivity contribution in [2.45, 2.75) is 12.5 Å². The lowest BCUT2D eigenvalue weighted by Gasteiger charge is -2.55. The number of H-pyrrole nitrogens is 1. The molecular weight excluding hydrogens is 465 g/mol. The number of fused-ring (bicyclic) bond motifs is 1. The molecule has 1 spiro atoms. The van der Waals surface area contributed by atoms with E-state index in [4.69, 9.17) is 27.9 Å². The number of halogens is 2. The van der Waals surface area contributed by atoms with E-state index in [1.54, 1.807) is 35.2 Å². The summed E-state index contributed by atoms with van der Waals surface area (Å²) in [4.78, 5) is 35.2. The fourth-order valence-corrected chi connectivity index (χ4v) is 4.65. The number of benzene rings is 1. The number of nitriles is 1. The highest BCUT2D eigenvalue weighted by Crippen LogP contribution is 2.38. The summed E-state index contributed by atoms with van der Waals surface area (Å²) in [6.45, 7) is 2.49. The molecule has 1 atom stereocenters. The number of ether oxygens (including phenoxy) is 1. The minimum Gasteiger partial charge on any atom is -0.380 e. The molecule has 2 N–H and O–H groups in total. The Morgan fingerprint density at radius 1 is 1.24 bits per heavy atom. The van der Waals surface area contributed by atoms with E-state index in [-0.39, 0.29) is 23.4 Å². The number of nitrogens with zero attached hydrogens (tertiary/aromatic N) is 3. The van der Waals surface area contributed by atoms with Gasteiger partial charge in [-0.1, -0.05) is 29.3 Å². The molecule has 2 saturated heterocycles.